The third kappa shape index (κ3) is 5.28. The summed E-state index contributed by atoms with van der Waals surface area (Å²) in [6.45, 7) is 3.64. The minimum Gasteiger partial charge on any atom is -0.346 e. The molecule has 0 unspecified atom stereocenters. The Bertz CT molecular complexity index is 1150. The third-order valence-corrected chi connectivity index (χ3v) is 5.86. The van der Waals surface area contributed by atoms with E-state index in [1.807, 2.05) is 32.0 Å². The number of halogens is 1. The van der Waals surface area contributed by atoms with Crippen molar-refractivity contribution in [3.8, 4) is 0 Å². The van der Waals surface area contributed by atoms with Crippen LogP contribution in [0, 0.1) is 0 Å². The summed E-state index contributed by atoms with van der Waals surface area (Å²) in [7, 11) is 0. The van der Waals surface area contributed by atoms with Gasteiger partial charge in [0, 0.05) is 10.5 Å². The summed E-state index contributed by atoms with van der Waals surface area (Å²) in [5.74, 6) is -0.608. The Hall–Kier alpha value is -2.65. The molecule has 0 radical (unpaired) electrons. The lowest BCUT2D eigenvalue weighted by Gasteiger charge is -2.16. The summed E-state index contributed by atoms with van der Waals surface area (Å²) in [6, 6.07) is 14.3. The fraction of sp³-hybridized carbons (Fsp3) is 0.238. The second-order valence-electron chi connectivity index (χ2n) is 6.77. The van der Waals surface area contributed by atoms with Gasteiger partial charge in [0.15, 0.2) is 5.16 Å². The molecule has 7 nitrogen and oxygen atoms in total. The van der Waals surface area contributed by atoms with Crippen molar-refractivity contribution in [1.82, 2.24) is 14.9 Å². The zero-order valence-electron chi connectivity index (χ0n) is 16.5. The SMILES string of the molecule is CC(C)n1c(SCC(=O)NCC(=O)Nc2ccccc2Br)nc2ccccc2c1=O. The minimum atomic E-state index is -0.330. The molecule has 2 N–H and O–H groups in total. The predicted octanol–water partition coefficient (Wildman–Crippen LogP) is 3.59. The van der Waals surface area contributed by atoms with Crippen molar-refractivity contribution in [3.63, 3.8) is 0 Å². The number of nitrogens with one attached hydrogen (secondary N) is 2. The lowest BCUT2D eigenvalue weighted by Crippen LogP contribution is -2.34. The fourth-order valence-corrected chi connectivity index (χ4v) is 4.14. The molecule has 156 valence electrons. The van der Waals surface area contributed by atoms with Gasteiger partial charge in [-0.1, -0.05) is 36.0 Å². The number of fused-ring (bicyclic) bond motifs is 1. The van der Waals surface area contributed by atoms with E-state index in [4.69, 9.17) is 0 Å². The molecule has 2 amide bonds. The van der Waals surface area contributed by atoms with Crippen molar-refractivity contribution >= 4 is 56.1 Å². The van der Waals surface area contributed by atoms with Crippen LogP contribution in [0.5, 0.6) is 0 Å². The van der Waals surface area contributed by atoms with Gasteiger partial charge in [-0.3, -0.25) is 19.0 Å². The monoisotopic (exact) mass is 488 g/mol. The maximum atomic E-state index is 12.8. The standard InChI is InChI=1S/C21H21BrN4O3S/c1-13(2)26-20(29)14-7-3-5-9-16(14)25-21(26)30-12-19(28)23-11-18(27)24-17-10-6-4-8-15(17)22/h3-10,13H,11-12H2,1-2H3,(H,23,28)(H,24,27). The van der Waals surface area contributed by atoms with Crippen molar-refractivity contribution < 1.29 is 9.59 Å². The molecular weight excluding hydrogens is 468 g/mol. The molecule has 30 heavy (non-hydrogen) atoms. The van der Waals surface area contributed by atoms with Crippen LogP contribution in [-0.2, 0) is 9.59 Å². The van der Waals surface area contributed by atoms with Gasteiger partial charge in [-0.2, -0.15) is 0 Å². The quantitative estimate of drug-likeness (QED) is 0.391. The highest BCUT2D eigenvalue weighted by Crippen LogP contribution is 2.21. The summed E-state index contributed by atoms with van der Waals surface area (Å²) in [5.41, 5.74) is 1.09. The van der Waals surface area contributed by atoms with E-state index in [-0.39, 0.29) is 35.7 Å². The summed E-state index contributed by atoms with van der Waals surface area (Å²) in [4.78, 5) is 41.7. The molecule has 2 aromatic carbocycles. The highest BCUT2D eigenvalue weighted by Gasteiger charge is 2.15. The predicted molar refractivity (Wildman–Crippen MR) is 123 cm³/mol. The summed E-state index contributed by atoms with van der Waals surface area (Å²) in [6.07, 6.45) is 0. The van der Waals surface area contributed by atoms with Crippen molar-refractivity contribution in [3.05, 3.63) is 63.4 Å². The first-order valence-electron chi connectivity index (χ1n) is 9.32. The number of carbonyl (C=O) groups excluding carboxylic acids is 2. The van der Waals surface area contributed by atoms with Crippen LogP contribution in [0.15, 0.2) is 63.0 Å². The molecule has 0 aliphatic heterocycles. The molecule has 0 saturated heterocycles. The number of hydrogen-bond acceptors (Lipinski definition) is 5. The number of amides is 2. The van der Waals surface area contributed by atoms with Gasteiger partial charge in [0.1, 0.15) is 0 Å². The topological polar surface area (TPSA) is 93.1 Å². The summed E-state index contributed by atoms with van der Waals surface area (Å²) in [5, 5.41) is 6.34. The molecule has 0 fully saturated rings. The van der Waals surface area contributed by atoms with Crippen LogP contribution < -0.4 is 16.2 Å². The lowest BCUT2D eigenvalue weighted by molar-refractivity contribution is -0.122. The molecule has 1 heterocycles. The van der Waals surface area contributed by atoms with Gasteiger partial charge in [0.2, 0.25) is 11.8 Å². The number of hydrogen-bond donors (Lipinski definition) is 2. The van der Waals surface area contributed by atoms with Crippen LogP contribution in [-0.4, -0.2) is 33.7 Å². The average Bonchev–Trinajstić information content (AvgIpc) is 2.72. The maximum absolute atomic E-state index is 12.8. The third-order valence-electron chi connectivity index (χ3n) is 4.22. The van der Waals surface area contributed by atoms with E-state index in [2.05, 4.69) is 31.5 Å². The van der Waals surface area contributed by atoms with E-state index in [1.165, 1.54) is 11.8 Å². The Morgan fingerprint density at radius 3 is 2.53 bits per heavy atom. The Morgan fingerprint density at radius 2 is 1.80 bits per heavy atom. The molecule has 0 aliphatic carbocycles. The second kappa shape index (κ2) is 9.90. The molecule has 0 bridgehead atoms. The van der Waals surface area contributed by atoms with E-state index >= 15 is 0 Å². The first-order valence-corrected chi connectivity index (χ1v) is 11.1. The van der Waals surface area contributed by atoms with Gasteiger partial charge in [-0.15, -0.1) is 0 Å². The van der Waals surface area contributed by atoms with Crippen LogP contribution in [0.4, 0.5) is 5.69 Å². The van der Waals surface area contributed by atoms with E-state index < -0.39 is 0 Å². The highest BCUT2D eigenvalue weighted by atomic mass is 79.9. The van der Waals surface area contributed by atoms with Gasteiger partial charge in [-0.25, -0.2) is 4.98 Å². The van der Waals surface area contributed by atoms with Crippen molar-refractivity contribution in [1.29, 1.82) is 0 Å². The zero-order chi connectivity index (χ0) is 21.7. The number of benzene rings is 2. The van der Waals surface area contributed by atoms with Crippen LogP contribution in [0.25, 0.3) is 10.9 Å². The second-order valence-corrected chi connectivity index (χ2v) is 8.57. The molecular formula is C21H21BrN4O3S. The normalized spacial score (nSPS) is 10.9. The minimum absolute atomic E-state index is 0.0415. The van der Waals surface area contributed by atoms with Crippen molar-refractivity contribution in [2.75, 3.05) is 17.6 Å². The van der Waals surface area contributed by atoms with E-state index in [1.54, 1.807) is 34.9 Å². The number of anilines is 1. The Kier molecular flexibility index (Phi) is 7.28. The summed E-state index contributed by atoms with van der Waals surface area (Å²) >= 11 is 4.53. The number of aromatic nitrogens is 2. The molecule has 3 rings (SSSR count). The van der Waals surface area contributed by atoms with Gasteiger partial charge in [-0.05, 0) is 54.0 Å². The van der Waals surface area contributed by atoms with Crippen molar-refractivity contribution in [2.24, 2.45) is 0 Å². The number of rotatable bonds is 7. The average molecular weight is 489 g/mol. The molecule has 9 heteroatoms. The number of thioether (sulfide) groups is 1. The molecule has 0 spiro atoms. The van der Waals surface area contributed by atoms with Crippen LogP contribution in [0.2, 0.25) is 0 Å². The first-order chi connectivity index (χ1) is 14.4. The molecule has 0 atom stereocenters. The first kappa shape index (κ1) is 22.0. The molecule has 1 aromatic heterocycles. The number of para-hydroxylation sites is 2. The van der Waals surface area contributed by atoms with Gasteiger partial charge in [0.05, 0.1) is 28.9 Å². The highest BCUT2D eigenvalue weighted by molar-refractivity contribution is 9.10. The van der Waals surface area contributed by atoms with Gasteiger partial charge < -0.3 is 10.6 Å². The Labute approximate surface area is 186 Å². The smallest absolute Gasteiger partial charge is 0.262 e. The summed E-state index contributed by atoms with van der Waals surface area (Å²) < 4.78 is 2.34. The van der Waals surface area contributed by atoms with Crippen LogP contribution >= 0.6 is 27.7 Å². The van der Waals surface area contributed by atoms with Crippen LogP contribution in [0.3, 0.4) is 0 Å². The zero-order valence-corrected chi connectivity index (χ0v) is 18.9. The largest absolute Gasteiger partial charge is 0.346 e. The fourth-order valence-electron chi connectivity index (χ4n) is 2.80. The van der Waals surface area contributed by atoms with E-state index in [0.717, 1.165) is 4.47 Å². The lowest BCUT2D eigenvalue weighted by atomic mass is 10.2. The molecule has 0 saturated carbocycles. The van der Waals surface area contributed by atoms with E-state index in [9.17, 15) is 14.4 Å². The maximum Gasteiger partial charge on any atom is 0.262 e. The van der Waals surface area contributed by atoms with Crippen molar-refractivity contribution in [2.45, 2.75) is 25.0 Å². The Balaban J connectivity index is 1.62. The van der Waals surface area contributed by atoms with E-state index in [0.29, 0.717) is 21.7 Å². The van der Waals surface area contributed by atoms with Crippen LogP contribution in [0.1, 0.15) is 19.9 Å². The van der Waals surface area contributed by atoms with Gasteiger partial charge in [0.25, 0.3) is 5.56 Å². The number of nitrogens with zero attached hydrogens (tertiary/aromatic N) is 2. The van der Waals surface area contributed by atoms with Gasteiger partial charge >= 0.3 is 0 Å². The Morgan fingerprint density at radius 1 is 1.10 bits per heavy atom. The number of carbonyl (C=O) groups is 2. The molecule has 3 aromatic rings. The molecule has 0 aliphatic rings.